The number of halogens is 3. The maximum atomic E-state index is 12.9. The normalized spacial score (nSPS) is 12.0. The maximum Gasteiger partial charge on any atom is 0.407 e. The van der Waals surface area contributed by atoms with E-state index in [0.717, 1.165) is 19.4 Å². The van der Waals surface area contributed by atoms with Crippen molar-refractivity contribution in [2.75, 3.05) is 0 Å². The Labute approximate surface area is 136 Å². The van der Waals surface area contributed by atoms with Crippen molar-refractivity contribution in [1.82, 2.24) is 20.5 Å². The number of hydrogen-bond donors (Lipinski definition) is 2. The molecule has 0 fully saturated rings. The molecule has 1 heterocycles. The summed E-state index contributed by atoms with van der Waals surface area (Å²) in [4.78, 5) is 15.4. The molecule has 0 aliphatic heterocycles. The number of aromatic nitrogens is 3. The summed E-state index contributed by atoms with van der Waals surface area (Å²) < 4.78 is 43.7. The Kier molecular flexibility index (Phi) is 5.10. The van der Waals surface area contributed by atoms with Crippen molar-refractivity contribution in [2.45, 2.75) is 38.6 Å². The molecule has 1 aromatic heterocycles. The van der Waals surface area contributed by atoms with Gasteiger partial charge in [0.05, 0.1) is 6.54 Å². The SMILES string of the molecule is CC(C)(c1n[nH]c(CNC(=O)OCc2ccccc2)n1)C(F)(F)F. The molecule has 0 unspecified atom stereocenters. The van der Waals surface area contributed by atoms with Crippen molar-refractivity contribution in [2.24, 2.45) is 0 Å². The number of nitrogens with zero attached hydrogens (tertiary/aromatic N) is 2. The molecule has 24 heavy (non-hydrogen) atoms. The largest absolute Gasteiger partial charge is 0.445 e. The number of H-pyrrole nitrogens is 1. The molecule has 2 aromatic rings. The van der Waals surface area contributed by atoms with Crippen LogP contribution in [0, 0.1) is 0 Å². The van der Waals surface area contributed by atoms with E-state index in [1.807, 2.05) is 18.2 Å². The second-order valence-electron chi connectivity index (χ2n) is 5.64. The lowest BCUT2D eigenvalue weighted by Crippen LogP contribution is -2.37. The fourth-order valence-corrected chi connectivity index (χ4v) is 1.71. The van der Waals surface area contributed by atoms with E-state index in [1.54, 1.807) is 12.1 Å². The second kappa shape index (κ2) is 6.90. The van der Waals surface area contributed by atoms with E-state index >= 15 is 0 Å². The Bertz CT molecular complexity index is 684. The van der Waals surface area contributed by atoms with Gasteiger partial charge < -0.3 is 10.1 Å². The molecule has 6 nitrogen and oxygen atoms in total. The second-order valence-corrected chi connectivity index (χ2v) is 5.64. The molecule has 1 aromatic carbocycles. The molecule has 130 valence electrons. The Balaban J connectivity index is 1.86. The zero-order valence-corrected chi connectivity index (χ0v) is 13.1. The molecule has 0 saturated heterocycles. The average molecular weight is 342 g/mol. The smallest absolute Gasteiger partial charge is 0.407 e. The third-order valence-corrected chi connectivity index (χ3v) is 3.41. The highest BCUT2D eigenvalue weighted by molar-refractivity contribution is 5.67. The van der Waals surface area contributed by atoms with Gasteiger partial charge in [-0.2, -0.15) is 18.3 Å². The van der Waals surface area contributed by atoms with Gasteiger partial charge in [-0.3, -0.25) is 5.10 Å². The molecule has 9 heteroatoms. The van der Waals surface area contributed by atoms with Crippen LogP contribution in [0.15, 0.2) is 30.3 Å². The number of alkyl halides is 3. The van der Waals surface area contributed by atoms with Crippen LogP contribution in [0.5, 0.6) is 0 Å². The first-order chi connectivity index (χ1) is 11.2. The fraction of sp³-hybridized carbons (Fsp3) is 0.400. The molecular weight excluding hydrogens is 325 g/mol. The van der Waals surface area contributed by atoms with Gasteiger partial charge in [0.15, 0.2) is 5.82 Å². The number of alkyl carbamates (subject to hydrolysis) is 1. The Hall–Kier alpha value is -2.58. The van der Waals surface area contributed by atoms with Crippen LogP contribution in [-0.4, -0.2) is 27.5 Å². The third kappa shape index (κ3) is 4.24. The number of aromatic amines is 1. The molecule has 0 saturated carbocycles. The number of nitrogens with one attached hydrogen (secondary N) is 2. The zero-order valence-electron chi connectivity index (χ0n) is 13.1. The molecular formula is C15H17F3N4O2. The van der Waals surface area contributed by atoms with Crippen molar-refractivity contribution in [3.05, 3.63) is 47.5 Å². The Morgan fingerprint density at radius 2 is 1.92 bits per heavy atom. The first-order valence-electron chi connectivity index (χ1n) is 7.13. The van der Waals surface area contributed by atoms with E-state index in [9.17, 15) is 18.0 Å². The van der Waals surface area contributed by atoms with Gasteiger partial charge in [0.2, 0.25) is 0 Å². The van der Waals surface area contributed by atoms with E-state index in [4.69, 9.17) is 4.74 Å². The van der Waals surface area contributed by atoms with Gasteiger partial charge in [0.25, 0.3) is 0 Å². The summed E-state index contributed by atoms with van der Waals surface area (Å²) in [5, 5.41) is 8.36. The molecule has 2 N–H and O–H groups in total. The van der Waals surface area contributed by atoms with Gasteiger partial charge in [0, 0.05) is 0 Å². The highest BCUT2D eigenvalue weighted by Gasteiger charge is 2.51. The van der Waals surface area contributed by atoms with Gasteiger partial charge in [0.1, 0.15) is 17.8 Å². The van der Waals surface area contributed by atoms with E-state index in [-0.39, 0.29) is 24.8 Å². The van der Waals surface area contributed by atoms with E-state index < -0.39 is 17.7 Å². The summed E-state index contributed by atoms with van der Waals surface area (Å²) in [6.45, 7) is 1.95. The van der Waals surface area contributed by atoms with Gasteiger partial charge in [-0.05, 0) is 19.4 Å². The van der Waals surface area contributed by atoms with Crippen LogP contribution < -0.4 is 5.32 Å². The molecule has 0 bridgehead atoms. The lowest BCUT2D eigenvalue weighted by molar-refractivity contribution is -0.182. The number of rotatable bonds is 5. The number of hydrogen-bond acceptors (Lipinski definition) is 4. The Morgan fingerprint density at radius 1 is 1.25 bits per heavy atom. The minimum atomic E-state index is -4.48. The number of ether oxygens (including phenoxy) is 1. The summed E-state index contributed by atoms with van der Waals surface area (Å²) >= 11 is 0. The van der Waals surface area contributed by atoms with Crippen LogP contribution in [0.4, 0.5) is 18.0 Å². The van der Waals surface area contributed by atoms with Crippen LogP contribution >= 0.6 is 0 Å². The number of benzene rings is 1. The van der Waals surface area contributed by atoms with Gasteiger partial charge in [-0.15, -0.1) is 0 Å². The highest BCUT2D eigenvalue weighted by atomic mass is 19.4. The molecule has 0 aliphatic rings. The summed E-state index contributed by atoms with van der Waals surface area (Å²) in [5.41, 5.74) is -1.36. The van der Waals surface area contributed by atoms with Gasteiger partial charge in [-0.25, -0.2) is 9.78 Å². The first kappa shape index (κ1) is 17.8. The number of carbonyl (C=O) groups is 1. The monoisotopic (exact) mass is 342 g/mol. The predicted molar refractivity (Wildman–Crippen MR) is 78.9 cm³/mol. The van der Waals surface area contributed by atoms with Gasteiger partial charge >= 0.3 is 12.3 Å². The summed E-state index contributed by atoms with van der Waals surface area (Å²) in [5.74, 6) is -0.275. The van der Waals surface area contributed by atoms with Crippen molar-refractivity contribution < 1.29 is 22.7 Å². The summed E-state index contributed by atoms with van der Waals surface area (Å²) in [6, 6.07) is 9.07. The molecule has 0 spiro atoms. The van der Waals surface area contributed by atoms with Crippen LogP contribution in [-0.2, 0) is 23.3 Å². The minimum absolute atomic E-state index is 0.0927. The van der Waals surface area contributed by atoms with Crippen molar-refractivity contribution in [1.29, 1.82) is 0 Å². The van der Waals surface area contributed by atoms with Crippen LogP contribution in [0.3, 0.4) is 0 Å². The lowest BCUT2D eigenvalue weighted by atomic mass is 9.92. The Morgan fingerprint density at radius 3 is 2.54 bits per heavy atom. The third-order valence-electron chi connectivity index (χ3n) is 3.41. The highest BCUT2D eigenvalue weighted by Crippen LogP contribution is 2.38. The van der Waals surface area contributed by atoms with E-state index in [1.165, 1.54) is 0 Å². The number of carbonyl (C=O) groups excluding carboxylic acids is 1. The number of amides is 1. The standard InChI is InChI=1S/C15H17F3N4O2/c1-14(2,15(16,17)18)12-20-11(21-22-12)8-19-13(23)24-9-10-6-4-3-5-7-10/h3-7H,8-9H2,1-2H3,(H,19,23)(H,20,21,22). The minimum Gasteiger partial charge on any atom is -0.445 e. The van der Waals surface area contributed by atoms with E-state index in [2.05, 4.69) is 20.5 Å². The van der Waals surface area contributed by atoms with E-state index in [0.29, 0.717) is 0 Å². The van der Waals surface area contributed by atoms with Crippen LogP contribution in [0.1, 0.15) is 31.1 Å². The van der Waals surface area contributed by atoms with Crippen LogP contribution in [0.25, 0.3) is 0 Å². The summed E-state index contributed by atoms with van der Waals surface area (Å²) in [7, 11) is 0. The van der Waals surface area contributed by atoms with Crippen LogP contribution in [0.2, 0.25) is 0 Å². The zero-order chi connectivity index (χ0) is 17.8. The molecule has 0 atom stereocenters. The molecule has 2 rings (SSSR count). The fourth-order valence-electron chi connectivity index (χ4n) is 1.71. The van der Waals surface area contributed by atoms with Crippen molar-refractivity contribution >= 4 is 6.09 Å². The van der Waals surface area contributed by atoms with Gasteiger partial charge in [-0.1, -0.05) is 30.3 Å². The first-order valence-corrected chi connectivity index (χ1v) is 7.13. The molecule has 0 aliphatic carbocycles. The average Bonchev–Trinajstić information content (AvgIpc) is 3.00. The topological polar surface area (TPSA) is 79.9 Å². The molecule has 0 radical (unpaired) electrons. The maximum absolute atomic E-state index is 12.9. The molecule has 1 amide bonds. The summed E-state index contributed by atoms with van der Waals surface area (Å²) in [6.07, 6.45) is -5.18. The quantitative estimate of drug-likeness (QED) is 0.875. The predicted octanol–water partition coefficient (Wildman–Crippen LogP) is 3.07. The van der Waals surface area contributed by atoms with Crippen molar-refractivity contribution in [3.8, 4) is 0 Å². The van der Waals surface area contributed by atoms with Crippen molar-refractivity contribution in [3.63, 3.8) is 0 Å². The lowest BCUT2D eigenvalue weighted by Gasteiger charge is -2.24.